The second-order valence-corrected chi connectivity index (χ2v) is 6.30. The average molecular weight is 350 g/mol. The molecule has 128 valence electrons. The van der Waals surface area contributed by atoms with Crippen molar-refractivity contribution in [1.29, 1.82) is 0 Å². The van der Waals surface area contributed by atoms with Gasteiger partial charge in [-0.2, -0.15) is 13.2 Å². The number of amides is 2. The maximum atomic E-state index is 12.0. The maximum absolute atomic E-state index is 12.0. The highest BCUT2D eigenvalue weighted by Gasteiger charge is 2.36. The van der Waals surface area contributed by atoms with Crippen molar-refractivity contribution in [3.05, 3.63) is 22.4 Å². The van der Waals surface area contributed by atoms with Crippen LogP contribution >= 0.6 is 11.3 Å². The van der Waals surface area contributed by atoms with Crippen LogP contribution in [0.4, 0.5) is 13.2 Å². The van der Waals surface area contributed by atoms with Gasteiger partial charge in [-0.25, -0.2) is 0 Å². The van der Waals surface area contributed by atoms with Crippen molar-refractivity contribution in [2.24, 2.45) is 0 Å². The van der Waals surface area contributed by atoms with E-state index in [1.54, 1.807) is 16.7 Å². The minimum Gasteiger partial charge on any atom is -0.381 e. The van der Waals surface area contributed by atoms with Gasteiger partial charge >= 0.3 is 18.0 Å². The minimum absolute atomic E-state index is 0.190. The summed E-state index contributed by atoms with van der Waals surface area (Å²) in [7, 11) is 0. The lowest BCUT2D eigenvalue weighted by atomic mass is 9.78. The van der Waals surface area contributed by atoms with Crippen LogP contribution in [0.25, 0.3) is 0 Å². The Balaban J connectivity index is 1.94. The van der Waals surface area contributed by atoms with Gasteiger partial charge in [-0.15, -0.1) is 11.3 Å². The van der Waals surface area contributed by atoms with Gasteiger partial charge in [0.25, 0.3) is 0 Å². The molecule has 1 saturated heterocycles. The molecule has 0 bridgehead atoms. The molecule has 2 rings (SSSR count). The van der Waals surface area contributed by atoms with E-state index in [-0.39, 0.29) is 12.0 Å². The van der Waals surface area contributed by atoms with Gasteiger partial charge in [0, 0.05) is 30.1 Å². The number of carbonyl (C=O) groups excluding carboxylic acids is 2. The first-order valence-electron chi connectivity index (χ1n) is 7.07. The first kappa shape index (κ1) is 17.7. The number of thiophene rings is 1. The van der Waals surface area contributed by atoms with E-state index in [4.69, 9.17) is 4.74 Å². The smallest absolute Gasteiger partial charge is 0.381 e. The quantitative estimate of drug-likeness (QED) is 0.811. The molecule has 9 heteroatoms. The molecule has 0 saturated carbocycles. The van der Waals surface area contributed by atoms with Gasteiger partial charge in [0.1, 0.15) is 6.54 Å². The van der Waals surface area contributed by atoms with Gasteiger partial charge in [-0.3, -0.25) is 9.59 Å². The van der Waals surface area contributed by atoms with Gasteiger partial charge < -0.3 is 15.4 Å². The van der Waals surface area contributed by atoms with Gasteiger partial charge in [0.15, 0.2) is 0 Å². The van der Waals surface area contributed by atoms with Crippen LogP contribution in [-0.2, 0) is 19.7 Å². The summed E-state index contributed by atoms with van der Waals surface area (Å²) in [5, 5.41) is 5.93. The van der Waals surface area contributed by atoms with E-state index in [9.17, 15) is 22.8 Å². The summed E-state index contributed by atoms with van der Waals surface area (Å²) in [6.45, 7) is -0.264. The Bertz CT molecular complexity index is 540. The highest BCUT2D eigenvalue weighted by atomic mass is 32.1. The summed E-state index contributed by atoms with van der Waals surface area (Å²) in [5.41, 5.74) is -0.341. The highest BCUT2D eigenvalue weighted by molar-refractivity contribution is 7.10. The second kappa shape index (κ2) is 7.31. The van der Waals surface area contributed by atoms with Crippen molar-refractivity contribution in [3.8, 4) is 0 Å². The Labute approximate surface area is 135 Å². The molecule has 1 aromatic rings. The second-order valence-electron chi connectivity index (χ2n) is 5.35. The molecule has 23 heavy (non-hydrogen) atoms. The summed E-state index contributed by atoms with van der Waals surface area (Å²) in [6.07, 6.45) is -3.19. The Kier molecular flexibility index (Phi) is 5.64. The standard InChI is InChI=1S/C14H17F3N2O3S/c15-14(16,17)9-19-12(21)11(20)18-8-13(3-5-22-6-4-13)10-2-1-7-23-10/h1-2,7H,3-6,8-9H2,(H,18,20)(H,19,21). The zero-order chi connectivity index (χ0) is 16.9. The number of alkyl halides is 3. The molecular formula is C14H17F3N2O3S. The van der Waals surface area contributed by atoms with Crippen LogP contribution in [0, 0.1) is 0 Å². The van der Waals surface area contributed by atoms with Gasteiger partial charge in [0.05, 0.1) is 0 Å². The monoisotopic (exact) mass is 350 g/mol. The fraction of sp³-hybridized carbons (Fsp3) is 0.571. The molecule has 5 nitrogen and oxygen atoms in total. The van der Waals surface area contributed by atoms with Crippen molar-refractivity contribution >= 4 is 23.2 Å². The molecule has 1 aromatic heterocycles. The van der Waals surface area contributed by atoms with Crippen molar-refractivity contribution in [2.75, 3.05) is 26.3 Å². The van der Waals surface area contributed by atoms with E-state index in [1.807, 2.05) is 17.5 Å². The molecule has 0 aliphatic carbocycles. The van der Waals surface area contributed by atoms with E-state index in [0.717, 1.165) is 4.88 Å². The topological polar surface area (TPSA) is 67.4 Å². The van der Waals surface area contributed by atoms with E-state index in [0.29, 0.717) is 26.1 Å². The summed E-state index contributed by atoms with van der Waals surface area (Å²) >= 11 is 1.55. The minimum atomic E-state index is -4.55. The lowest BCUT2D eigenvalue weighted by Crippen LogP contribution is -2.49. The fourth-order valence-electron chi connectivity index (χ4n) is 2.44. The zero-order valence-corrected chi connectivity index (χ0v) is 13.1. The number of ether oxygens (including phenoxy) is 1. The molecule has 1 fully saturated rings. The molecule has 2 N–H and O–H groups in total. The number of nitrogens with one attached hydrogen (secondary N) is 2. The van der Waals surface area contributed by atoms with Gasteiger partial charge in [-0.05, 0) is 24.3 Å². The van der Waals surface area contributed by atoms with E-state index in [1.165, 1.54) is 0 Å². The maximum Gasteiger partial charge on any atom is 0.405 e. The summed E-state index contributed by atoms with van der Waals surface area (Å²) in [5.74, 6) is -2.34. The Hall–Kier alpha value is -1.61. The summed E-state index contributed by atoms with van der Waals surface area (Å²) in [6, 6.07) is 3.85. The third kappa shape index (κ3) is 4.93. The van der Waals surface area contributed by atoms with Gasteiger partial charge in [-0.1, -0.05) is 6.07 Å². The average Bonchev–Trinajstić information content (AvgIpc) is 3.05. The molecule has 0 spiro atoms. The normalized spacial score (nSPS) is 17.5. The number of halogens is 3. The van der Waals surface area contributed by atoms with Gasteiger partial charge in [0.2, 0.25) is 0 Å². The lowest BCUT2D eigenvalue weighted by Gasteiger charge is -2.36. The van der Waals surface area contributed by atoms with Crippen LogP contribution in [0.15, 0.2) is 17.5 Å². The molecular weight excluding hydrogens is 333 g/mol. The number of rotatable bonds is 4. The van der Waals surface area contributed by atoms with Crippen LogP contribution in [0.2, 0.25) is 0 Å². The molecule has 0 aromatic carbocycles. The Morgan fingerprint density at radius 1 is 1.22 bits per heavy atom. The van der Waals surface area contributed by atoms with Crippen molar-refractivity contribution in [3.63, 3.8) is 0 Å². The van der Waals surface area contributed by atoms with E-state index >= 15 is 0 Å². The molecule has 0 radical (unpaired) electrons. The largest absolute Gasteiger partial charge is 0.405 e. The molecule has 2 amide bonds. The SMILES string of the molecule is O=C(NCC(F)(F)F)C(=O)NCC1(c2cccs2)CCOCC1. The lowest BCUT2D eigenvalue weighted by molar-refractivity contribution is -0.146. The first-order valence-corrected chi connectivity index (χ1v) is 7.95. The fourth-order valence-corrected chi connectivity index (χ4v) is 3.43. The van der Waals surface area contributed by atoms with Crippen molar-refractivity contribution in [1.82, 2.24) is 10.6 Å². The molecule has 0 unspecified atom stereocenters. The first-order chi connectivity index (χ1) is 10.8. The molecule has 1 aliphatic rings. The molecule has 0 atom stereocenters. The van der Waals surface area contributed by atoms with Crippen LogP contribution < -0.4 is 10.6 Å². The Morgan fingerprint density at radius 2 is 1.87 bits per heavy atom. The summed E-state index contributed by atoms with van der Waals surface area (Å²) in [4.78, 5) is 24.2. The summed E-state index contributed by atoms with van der Waals surface area (Å²) < 4.78 is 41.5. The zero-order valence-electron chi connectivity index (χ0n) is 12.2. The van der Waals surface area contributed by atoms with E-state index in [2.05, 4.69) is 5.32 Å². The number of carbonyl (C=O) groups is 2. The van der Waals surface area contributed by atoms with E-state index < -0.39 is 24.5 Å². The number of hydrogen-bond acceptors (Lipinski definition) is 4. The van der Waals surface area contributed by atoms with Crippen LogP contribution in [0.1, 0.15) is 17.7 Å². The van der Waals surface area contributed by atoms with Crippen LogP contribution in [-0.4, -0.2) is 44.3 Å². The van der Waals surface area contributed by atoms with Crippen molar-refractivity contribution < 1.29 is 27.5 Å². The molecule has 1 aliphatic heterocycles. The number of hydrogen-bond donors (Lipinski definition) is 2. The third-order valence-electron chi connectivity index (χ3n) is 3.74. The third-order valence-corrected chi connectivity index (χ3v) is 4.85. The Morgan fingerprint density at radius 3 is 2.43 bits per heavy atom. The molecule has 2 heterocycles. The predicted octanol–water partition coefficient (Wildman–Crippen LogP) is 1.59. The van der Waals surface area contributed by atoms with Crippen LogP contribution in [0.3, 0.4) is 0 Å². The van der Waals surface area contributed by atoms with Crippen molar-refractivity contribution in [2.45, 2.75) is 24.4 Å². The van der Waals surface area contributed by atoms with Crippen LogP contribution in [0.5, 0.6) is 0 Å². The highest BCUT2D eigenvalue weighted by Crippen LogP contribution is 2.36. The predicted molar refractivity (Wildman–Crippen MR) is 78.1 cm³/mol.